The van der Waals surface area contributed by atoms with Crippen molar-refractivity contribution in [2.75, 3.05) is 11.5 Å². The van der Waals surface area contributed by atoms with Gasteiger partial charge in [-0.1, -0.05) is 12.1 Å². The van der Waals surface area contributed by atoms with Crippen LogP contribution in [0.1, 0.15) is 17.2 Å². The molecule has 2 aromatic carbocycles. The van der Waals surface area contributed by atoms with Gasteiger partial charge in [-0.05, 0) is 42.0 Å². The van der Waals surface area contributed by atoms with Crippen LogP contribution in [0.5, 0.6) is 5.75 Å². The van der Waals surface area contributed by atoms with E-state index in [1.165, 1.54) is 29.2 Å². The van der Waals surface area contributed by atoms with Crippen molar-refractivity contribution in [3.8, 4) is 5.75 Å². The van der Waals surface area contributed by atoms with Gasteiger partial charge in [0.05, 0.1) is 12.2 Å². The number of anilines is 1. The molecule has 0 radical (unpaired) electrons. The number of hydrogen-bond donors (Lipinski definition) is 2. The Balaban J connectivity index is 1.99. The van der Waals surface area contributed by atoms with Crippen LogP contribution in [-0.4, -0.2) is 29.0 Å². The highest BCUT2D eigenvalue weighted by Crippen LogP contribution is 2.39. The molecule has 1 fully saturated rings. The number of aliphatic hydroxyl groups is 1. The lowest BCUT2D eigenvalue weighted by Crippen LogP contribution is -2.30. The second-order valence-electron chi connectivity index (χ2n) is 5.56. The van der Waals surface area contributed by atoms with E-state index in [0.717, 1.165) is 12.1 Å². The molecule has 0 aromatic heterocycles. The van der Waals surface area contributed by atoms with E-state index in [0.29, 0.717) is 5.56 Å². The van der Waals surface area contributed by atoms with Gasteiger partial charge in [0.25, 0.3) is 0 Å². The monoisotopic (exact) mass is 353 g/mol. The Morgan fingerprint density at radius 3 is 2.16 bits per heavy atom. The highest BCUT2D eigenvalue weighted by Gasteiger charge is 2.43. The summed E-state index contributed by atoms with van der Waals surface area (Å²) in [5.41, 5.74) is -0.0432. The molecule has 2 N–H and O–H groups in total. The predicted molar refractivity (Wildman–Crippen MR) is 82.1 cm³/mol. The van der Waals surface area contributed by atoms with Crippen LogP contribution in [0.15, 0.2) is 48.5 Å². The number of hydrogen-bond acceptors (Lipinski definition) is 4. The molecular formula is C17H14F3NO4. The molecule has 1 saturated heterocycles. The van der Waals surface area contributed by atoms with Crippen LogP contribution < -0.4 is 4.90 Å². The smallest absolute Gasteiger partial charge is 0.416 e. The number of halogens is 3. The molecule has 0 aliphatic carbocycles. The molecule has 2 aromatic rings. The second kappa shape index (κ2) is 6.29. The predicted octanol–water partition coefficient (Wildman–Crippen LogP) is 3.47. The quantitative estimate of drug-likeness (QED) is 0.887. The van der Waals surface area contributed by atoms with Crippen molar-refractivity contribution in [3.63, 3.8) is 0 Å². The van der Waals surface area contributed by atoms with Crippen LogP contribution in [0.2, 0.25) is 0 Å². The SMILES string of the molecule is O=C1O[C@H](CO)[C@@H](c2ccc(O)cc2)N1c1ccc(C(F)(F)F)cc1. The molecule has 1 aliphatic rings. The number of rotatable bonds is 3. The fourth-order valence-corrected chi connectivity index (χ4v) is 2.78. The molecule has 0 unspecified atom stereocenters. The van der Waals surface area contributed by atoms with Gasteiger partial charge in [-0.3, -0.25) is 4.90 Å². The lowest BCUT2D eigenvalue weighted by Gasteiger charge is -2.24. The Labute approximate surface area is 140 Å². The van der Waals surface area contributed by atoms with Crippen LogP contribution >= 0.6 is 0 Å². The molecule has 0 bridgehead atoms. The van der Waals surface area contributed by atoms with Crippen LogP contribution in [0.4, 0.5) is 23.7 Å². The molecule has 5 nitrogen and oxygen atoms in total. The molecule has 1 heterocycles. The minimum atomic E-state index is -4.48. The minimum Gasteiger partial charge on any atom is -0.508 e. The molecule has 0 saturated carbocycles. The lowest BCUT2D eigenvalue weighted by atomic mass is 10.00. The molecular weight excluding hydrogens is 339 g/mol. The van der Waals surface area contributed by atoms with E-state index in [9.17, 15) is 28.2 Å². The number of benzene rings is 2. The van der Waals surface area contributed by atoms with Crippen LogP contribution in [0, 0.1) is 0 Å². The summed E-state index contributed by atoms with van der Waals surface area (Å²) < 4.78 is 43.2. The van der Waals surface area contributed by atoms with Crippen molar-refractivity contribution in [2.45, 2.75) is 18.3 Å². The molecule has 3 rings (SSSR count). The van der Waals surface area contributed by atoms with Crippen molar-refractivity contribution in [3.05, 3.63) is 59.7 Å². The first-order valence-corrected chi connectivity index (χ1v) is 7.38. The average molecular weight is 353 g/mol. The summed E-state index contributed by atoms with van der Waals surface area (Å²) in [7, 11) is 0. The van der Waals surface area contributed by atoms with Crippen LogP contribution in [0.25, 0.3) is 0 Å². The van der Waals surface area contributed by atoms with E-state index in [4.69, 9.17) is 4.74 Å². The van der Waals surface area contributed by atoms with Crippen molar-refractivity contribution in [1.29, 1.82) is 0 Å². The zero-order valence-corrected chi connectivity index (χ0v) is 12.8. The number of phenolic OH excluding ortho intramolecular Hbond substituents is 1. The molecule has 1 amide bonds. The summed E-state index contributed by atoms with van der Waals surface area (Å²) in [4.78, 5) is 13.4. The summed E-state index contributed by atoms with van der Waals surface area (Å²) in [6.45, 7) is -0.450. The maximum Gasteiger partial charge on any atom is 0.416 e. The number of alkyl halides is 3. The fraction of sp³-hybridized carbons (Fsp3) is 0.235. The Morgan fingerprint density at radius 1 is 1.04 bits per heavy atom. The molecule has 132 valence electrons. The van der Waals surface area contributed by atoms with Gasteiger partial charge in [0.15, 0.2) is 6.10 Å². The number of nitrogens with zero attached hydrogens (tertiary/aromatic N) is 1. The summed E-state index contributed by atoms with van der Waals surface area (Å²) in [6.07, 6.45) is -6.12. The summed E-state index contributed by atoms with van der Waals surface area (Å²) in [5.74, 6) is 0.0237. The first-order chi connectivity index (χ1) is 11.8. The van der Waals surface area contributed by atoms with E-state index in [-0.39, 0.29) is 11.4 Å². The maximum absolute atomic E-state index is 12.7. The lowest BCUT2D eigenvalue weighted by molar-refractivity contribution is -0.137. The van der Waals surface area contributed by atoms with Crippen molar-refractivity contribution >= 4 is 11.8 Å². The van der Waals surface area contributed by atoms with Crippen molar-refractivity contribution in [2.24, 2.45) is 0 Å². The van der Waals surface area contributed by atoms with E-state index in [2.05, 4.69) is 0 Å². The Morgan fingerprint density at radius 2 is 1.64 bits per heavy atom. The van der Waals surface area contributed by atoms with Crippen LogP contribution in [-0.2, 0) is 10.9 Å². The molecule has 0 spiro atoms. The summed E-state index contributed by atoms with van der Waals surface area (Å²) in [6, 6.07) is 9.33. The Hall–Kier alpha value is -2.74. The highest BCUT2D eigenvalue weighted by molar-refractivity contribution is 5.91. The second-order valence-corrected chi connectivity index (χ2v) is 5.56. The van der Waals surface area contributed by atoms with Crippen molar-refractivity contribution in [1.82, 2.24) is 0 Å². The van der Waals surface area contributed by atoms with Gasteiger partial charge in [0, 0.05) is 5.69 Å². The highest BCUT2D eigenvalue weighted by atomic mass is 19.4. The average Bonchev–Trinajstić information content (AvgIpc) is 2.91. The zero-order chi connectivity index (χ0) is 18.2. The van der Waals surface area contributed by atoms with Crippen LogP contribution in [0.3, 0.4) is 0 Å². The maximum atomic E-state index is 12.7. The van der Waals surface area contributed by atoms with E-state index < -0.39 is 36.6 Å². The van der Waals surface area contributed by atoms with Gasteiger partial charge < -0.3 is 14.9 Å². The number of phenols is 1. The normalized spacial score (nSPS) is 20.6. The largest absolute Gasteiger partial charge is 0.508 e. The van der Waals surface area contributed by atoms with Gasteiger partial charge in [-0.25, -0.2) is 4.79 Å². The standard InChI is InChI=1S/C17H14F3NO4/c18-17(19,20)11-3-5-12(6-4-11)21-15(14(9-22)25-16(21)24)10-1-7-13(23)8-2-10/h1-8,14-15,22-23H,9H2/t14-,15-/m1/s1. The fourth-order valence-electron chi connectivity index (χ4n) is 2.78. The summed E-state index contributed by atoms with van der Waals surface area (Å²) >= 11 is 0. The third kappa shape index (κ3) is 3.25. The third-order valence-corrected chi connectivity index (χ3v) is 3.97. The van der Waals surface area contributed by atoms with Gasteiger partial charge in [-0.15, -0.1) is 0 Å². The molecule has 8 heteroatoms. The molecule has 2 atom stereocenters. The topological polar surface area (TPSA) is 70.0 Å². The number of aliphatic hydroxyl groups excluding tert-OH is 1. The number of aromatic hydroxyl groups is 1. The number of carbonyl (C=O) groups is 1. The van der Waals surface area contributed by atoms with Gasteiger partial charge in [-0.2, -0.15) is 13.2 Å². The van der Waals surface area contributed by atoms with E-state index in [1.54, 1.807) is 12.1 Å². The number of ether oxygens (including phenoxy) is 1. The Bertz CT molecular complexity index is 759. The molecule has 1 aliphatic heterocycles. The van der Waals surface area contributed by atoms with E-state index >= 15 is 0 Å². The van der Waals surface area contributed by atoms with Gasteiger partial charge in [0.1, 0.15) is 11.8 Å². The third-order valence-electron chi connectivity index (χ3n) is 3.97. The number of amides is 1. The summed E-state index contributed by atoms with van der Waals surface area (Å²) in [5, 5.41) is 18.9. The number of cyclic esters (lactones) is 1. The Kier molecular flexibility index (Phi) is 4.30. The first kappa shape index (κ1) is 17.1. The van der Waals surface area contributed by atoms with Crippen molar-refractivity contribution < 1.29 is 32.9 Å². The van der Waals surface area contributed by atoms with Gasteiger partial charge >= 0.3 is 12.3 Å². The zero-order valence-electron chi connectivity index (χ0n) is 12.8. The number of carbonyl (C=O) groups excluding carboxylic acids is 1. The minimum absolute atomic E-state index is 0.0237. The van der Waals surface area contributed by atoms with Gasteiger partial charge in [0.2, 0.25) is 0 Å². The van der Waals surface area contributed by atoms with E-state index in [1.807, 2.05) is 0 Å². The molecule has 25 heavy (non-hydrogen) atoms. The first-order valence-electron chi connectivity index (χ1n) is 7.38.